The number of nitrogens with zero attached hydrogens (tertiary/aromatic N) is 1. The fourth-order valence-corrected chi connectivity index (χ4v) is 3.21. The molecule has 1 aliphatic rings. The van der Waals surface area contributed by atoms with Crippen molar-refractivity contribution in [3.8, 4) is 0 Å². The van der Waals surface area contributed by atoms with Gasteiger partial charge in [0.1, 0.15) is 0 Å². The van der Waals surface area contributed by atoms with Gasteiger partial charge in [0, 0.05) is 24.4 Å². The van der Waals surface area contributed by atoms with Gasteiger partial charge in [-0.15, -0.1) is 0 Å². The standard InChI is InChI=1S/C16H21BNO3/c1-12-15(13-5-3-2-4-6-13)9-14(10-17-11-20)16(21)18(12)7-8-19/h2-6,11-12,14-15,19H,7-10H2,1H3. The van der Waals surface area contributed by atoms with Crippen molar-refractivity contribution in [1.29, 1.82) is 0 Å². The Balaban J connectivity index is 2.23. The number of carbonyl (C=O) groups excluding carboxylic acids is 2. The molecule has 0 bridgehead atoms. The lowest BCUT2D eigenvalue weighted by Crippen LogP contribution is -2.51. The van der Waals surface area contributed by atoms with Crippen LogP contribution in [0.3, 0.4) is 0 Å². The Morgan fingerprint density at radius 1 is 1.38 bits per heavy atom. The first-order valence-electron chi connectivity index (χ1n) is 7.42. The van der Waals surface area contributed by atoms with Crippen molar-refractivity contribution >= 4 is 19.4 Å². The highest BCUT2D eigenvalue weighted by atomic mass is 16.3. The van der Waals surface area contributed by atoms with Gasteiger partial charge in [-0.3, -0.25) is 4.79 Å². The number of rotatable bonds is 6. The molecule has 1 fully saturated rings. The van der Waals surface area contributed by atoms with Gasteiger partial charge < -0.3 is 14.8 Å². The van der Waals surface area contributed by atoms with E-state index >= 15 is 0 Å². The molecular formula is C16H21BNO3. The molecule has 0 aromatic heterocycles. The number of likely N-dealkylation sites (tertiary alicyclic amines) is 1. The van der Waals surface area contributed by atoms with Crippen molar-refractivity contribution in [3.05, 3.63) is 35.9 Å². The molecule has 0 spiro atoms. The van der Waals surface area contributed by atoms with Gasteiger partial charge in [-0.1, -0.05) is 36.7 Å². The summed E-state index contributed by atoms with van der Waals surface area (Å²) < 4.78 is 0. The zero-order valence-corrected chi connectivity index (χ0v) is 12.3. The van der Waals surface area contributed by atoms with Crippen LogP contribution in [-0.4, -0.2) is 48.6 Å². The van der Waals surface area contributed by atoms with E-state index < -0.39 is 0 Å². The second-order valence-corrected chi connectivity index (χ2v) is 5.55. The third-order valence-corrected chi connectivity index (χ3v) is 4.33. The van der Waals surface area contributed by atoms with Crippen molar-refractivity contribution in [2.75, 3.05) is 13.2 Å². The van der Waals surface area contributed by atoms with E-state index in [1.807, 2.05) is 25.1 Å². The minimum absolute atomic E-state index is 0.0400. The lowest BCUT2D eigenvalue weighted by molar-refractivity contribution is -0.142. The molecule has 1 aromatic rings. The molecule has 21 heavy (non-hydrogen) atoms. The van der Waals surface area contributed by atoms with E-state index in [2.05, 4.69) is 12.1 Å². The van der Waals surface area contributed by atoms with E-state index in [0.717, 1.165) is 12.6 Å². The van der Waals surface area contributed by atoms with Gasteiger partial charge in [-0.05, 0) is 18.9 Å². The normalized spacial score (nSPS) is 25.7. The van der Waals surface area contributed by atoms with E-state index in [1.165, 1.54) is 12.8 Å². The Morgan fingerprint density at radius 2 is 2.10 bits per heavy atom. The van der Waals surface area contributed by atoms with Crippen LogP contribution in [0.25, 0.3) is 0 Å². The molecule has 5 heteroatoms. The Labute approximate surface area is 126 Å². The van der Waals surface area contributed by atoms with Crippen LogP contribution >= 0.6 is 0 Å². The molecule has 1 amide bonds. The van der Waals surface area contributed by atoms with Crippen molar-refractivity contribution in [3.63, 3.8) is 0 Å². The first-order chi connectivity index (χ1) is 10.2. The maximum atomic E-state index is 12.5. The third-order valence-electron chi connectivity index (χ3n) is 4.33. The summed E-state index contributed by atoms with van der Waals surface area (Å²) in [6.07, 6.45) is 1.97. The highest BCUT2D eigenvalue weighted by Crippen LogP contribution is 2.37. The largest absolute Gasteiger partial charge is 0.395 e. The SMILES string of the molecule is CC1C(c2ccccc2)CC(C[B]C=O)C(=O)N1CCO. The van der Waals surface area contributed by atoms with Gasteiger partial charge in [-0.25, -0.2) is 0 Å². The monoisotopic (exact) mass is 286 g/mol. The van der Waals surface area contributed by atoms with Crippen LogP contribution in [0.4, 0.5) is 0 Å². The molecule has 1 N–H and O–H groups in total. The molecule has 0 aliphatic carbocycles. The first kappa shape index (κ1) is 15.8. The number of aliphatic hydroxyl groups excluding tert-OH is 1. The molecule has 1 aliphatic heterocycles. The maximum Gasteiger partial charge on any atom is 0.225 e. The van der Waals surface area contributed by atoms with Gasteiger partial charge >= 0.3 is 0 Å². The Kier molecular flexibility index (Phi) is 5.56. The van der Waals surface area contributed by atoms with Crippen molar-refractivity contribution in [2.24, 2.45) is 5.92 Å². The van der Waals surface area contributed by atoms with Crippen molar-refractivity contribution in [2.45, 2.75) is 31.6 Å². The zero-order valence-electron chi connectivity index (χ0n) is 12.3. The molecule has 3 unspecified atom stereocenters. The quantitative estimate of drug-likeness (QED) is 0.633. The second-order valence-electron chi connectivity index (χ2n) is 5.55. The summed E-state index contributed by atoms with van der Waals surface area (Å²) in [7, 11) is 1.51. The van der Waals surface area contributed by atoms with Gasteiger partial charge in [0.05, 0.1) is 12.8 Å². The van der Waals surface area contributed by atoms with Gasteiger partial charge in [0.25, 0.3) is 0 Å². The number of benzene rings is 1. The number of aliphatic hydroxyl groups is 1. The Hall–Kier alpha value is -1.62. The molecule has 0 saturated carbocycles. The summed E-state index contributed by atoms with van der Waals surface area (Å²) in [6, 6.07) is 10.2. The van der Waals surface area contributed by atoms with Gasteiger partial charge in [0.15, 0.2) is 7.28 Å². The van der Waals surface area contributed by atoms with E-state index in [4.69, 9.17) is 0 Å². The molecule has 1 saturated heterocycles. The summed E-state index contributed by atoms with van der Waals surface area (Å²) in [5.41, 5.74) is 1.21. The lowest BCUT2D eigenvalue weighted by Gasteiger charge is -2.43. The second kappa shape index (κ2) is 7.41. The highest BCUT2D eigenvalue weighted by Gasteiger charge is 2.39. The molecule has 3 atom stereocenters. The van der Waals surface area contributed by atoms with Crippen molar-refractivity contribution < 1.29 is 14.7 Å². The summed E-state index contributed by atoms with van der Waals surface area (Å²) in [4.78, 5) is 24.8. The molecule has 2 rings (SSSR count). The van der Waals surface area contributed by atoms with Crippen LogP contribution in [0.15, 0.2) is 30.3 Å². The number of piperidine rings is 1. The van der Waals surface area contributed by atoms with Crippen LogP contribution in [0.5, 0.6) is 0 Å². The Bertz CT molecular complexity index is 480. The molecular weight excluding hydrogens is 265 g/mol. The Morgan fingerprint density at radius 3 is 2.71 bits per heavy atom. The van der Waals surface area contributed by atoms with Crippen molar-refractivity contribution in [1.82, 2.24) is 4.90 Å². The molecule has 4 nitrogen and oxygen atoms in total. The minimum Gasteiger partial charge on any atom is -0.395 e. The third kappa shape index (κ3) is 3.53. The summed E-state index contributed by atoms with van der Waals surface area (Å²) in [5, 5.41) is 9.22. The first-order valence-corrected chi connectivity index (χ1v) is 7.42. The summed E-state index contributed by atoms with van der Waals surface area (Å²) in [6.45, 7) is 2.34. The fourth-order valence-electron chi connectivity index (χ4n) is 3.21. The fraction of sp³-hybridized carbons (Fsp3) is 0.500. The van der Waals surface area contributed by atoms with E-state index in [0.29, 0.717) is 12.9 Å². The van der Waals surface area contributed by atoms with Gasteiger partial charge in [0.2, 0.25) is 5.91 Å². The summed E-state index contributed by atoms with van der Waals surface area (Å²) >= 11 is 0. The summed E-state index contributed by atoms with van der Waals surface area (Å²) in [5.74, 6) is 0.102. The van der Waals surface area contributed by atoms with E-state index in [1.54, 1.807) is 4.90 Å². The number of carbonyl (C=O) groups is 2. The van der Waals surface area contributed by atoms with Crippen LogP contribution in [0.2, 0.25) is 6.32 Å². The topological polar surface area (TPSA) is 57.6 Å². The highest BCUT2D eigenvalue weighted by molar-refractivity contribution is 6.66. The molecule has 1 radical (unpaired) electrons. The van der Waals surface area contributed by atoms with Crippen LogP contribution in [0.1, 0.15) is 24.8 Å². The van der Waals surface area contributed by atoms with Crippen LogP contribution in [-0.2, 0) is 9.59 Å². The lowest BCUT2D eigenvalue weighted by atomic mass is 9.66. The van der Waals surface area contributed by atoms with Crippen LogP contribution in [0, 0.1) is 5.92 Å². The predicted molar refractivity (Wildman–Crippen MR) is 82.9 cm³/mol. The van der Waals surface area contributed by atoms with Gasteiger partial charge in [-0.2, -0.15) is 0 Å². The van der Waals surface area contributed by atoms with E-state index in [9.17, 15) is 14.7 Å². The average Bonchev–Trinajstić information content (AvgIpc) is 2.51. The molecule has 1 heterocycles. The minimum atomic E-state index is -0.178. The number of amides is 1. The number of hydrogen-bond acceptors (Lipinski definition) is 3. The molecule has 111 valence electrons. The smallest absolute Gasteiger partial charge is 0.225 e. The maximum absolute atomic E-state index is 12.5. The average molecular weight is 286 g/mol. The van der Waals surface area contributed by atoms with E-state index in [-0.39, 0.29) is 30.4 Å². The predicted octanol–water partition coefficient (Wildman–Crippen LogP) is 1.31. The van der Waals surface area contributed by atoms with Crippen LogP contribution < -0.4 is 0 Å². The zero-order chi connectivity index (χ0) is 15.2. The number of hydrogen-bond donors (Lipinski definition) is 1. The number of β-amino-alcohol motifs (C(OH)–C–C–N with tert-alkyl or cyclic N) is 1. The molecule has 1 aromatic carbocycles.